The number of benzene rings is 2. The van der Waals surface area contributed by atoms with Crippen molar-refractivity contribution >= 4 is 29.5 Å². The van der Waals surface area contributed by atoms with Crippen LogP contribution in [0.2, 0.25) is 5.02 Å². The molecule has 0 fully saturated rings. The molecule has 0 aliphatic heterocycles. The van der Waals surface area contributed by atoms with Gasteiger partial charge in [0.05, 0.1) is 12.7 Å². The molecule has 2 aromatic carbocycles. The first-order valence-electron chi connectivity index (χ1n) is 7.99. The second-order valence-electron chi connectivity index (χ2n) is 5.29. The Morgan fingerprint density at radius 1 is 1.15 bits per heavy atom. The molecule has 0 aliphatic carbocycles. The number of carbonyl (C=O) groups is 2. The standard InChI is InChI=1S/C20H19ClN2O4/c1-3-12-27-16-8-4-14(5-9-16)6-11-19(24)22-23-20(25)17-13-15(21)7-10-18(17)26-2/h3-11,13H,1,12H2,2H3,(H,22,24)(H,23,25)/b11-6+. The minimum Gasteiger partial charge on any atom is -0.496 e. The summed E-state index contributed by atoms with van der Waals surface area (Å²) < 4.78 is 10.5. The lowest BCUT2D eigenvalue weighted by atomic mass is 10.2. The Bertz CT molecular complexity index is 848. The first-order chi connectivity index (χ1) is 13.0. The molecule has 0 bridgehead atoms. The van der Waals surface area contributed by atoms with Gasteiger partial charge in [0, 0.05) is 11.1 Å². The number of rotatable bonds is 7. The molecule has 2 aromatic rings. The maximum atomic E-state index is 12.2. The van der Waals surface area contributed by atoms with Gasteiger partial charge in [0.25, 0.3) is 11.8 Å². The van der Waals surface area contributed by atoms with Crippen LogP contribution in [0.1, 0.15) is 15.9 Å². The van der Waals surface area contributed by atoms with E-state index in [4.69, 9.17) is 21.1 Å². The van der Waals surface area contributed by atoms with Gasteiger partial charge in [0.1, 0.15) is 18.1 Å². The van der Waals surface area contributed by atoms with Gasteiger partial charge >= 0.3 is 0 Å². The fourth-order valence-electron chi connectivity index (χ4n) is 2.09. The average Bonchev–Trinajstić information content (AvgIpc) is 2.69. The lowest BCUT2D eigenvalue weighted by Crippen LogP contribution is -2.40. The van der Waals surface area contributed by atoms with E-state index in [9.17, 15) is 9.59 Å². The zero-order valence-electron chi connectivity index (χ0n) is 14.7. The third-order valence-corrected chi connectivity index (χ3v) is 3.62. The summed E-state index contributed by atoms with van der Waals surface area (Å²) in [5.74, 6) is 0.0239. The predicted molar refractivity (Wildman–Crippen MR) is 105 cm³/mol. The van der Waals surface area contributed by atoms with Crippen LogP contribution in [-0.4, -0.2) is 25.5 Å². The number of amides is 2. The van der Waals surface area contributed by atoms with Crippen molar-refractivity contribution < 1.29 is 19.1 Å². The molecule has 2 amide bonds. The van der Waals surface area contributed by atoms with Crippen LogP contribution in [0.25, 0.3) is 6.08 Å². The molecule has 0 aliphatic rings. The predicted octanol–water partition coefficient (Wildman–Crippen LogP) is 3.39. The third kappa shape index (κ3) is 6.20. The van der Waals surface area contributed by atoms with Crippen molar-refractivity contribution in [2.24, 2.45) is 0 Å². The molecule has 2 N–H and O–H groups in total. The number of hydrogen-bond donors (Lipinski definition) is 2. The first-order valence-corrected chi connectivity index (χ1v) is 8.37. The van der Waals surface area contributed by atoms with Crippen molar-refractivity contribution in [3.8, 4) is 11.5 Å². The van der Waals surface area contributed by atoms with E-state index in [0.717, 1.165) is 5.56 Å². The van der Waals surface area contributed by atoms with Gasteiger partial charge in [-0.25, -0.2) is 0 Å². The highest BCUT2D eigenvalue weighted by molar-refractivity contribution is 6.31. The van der Waals surface area contributed by atoms with Gasteiger partial charge < -0.3 is 9.47 Å². The summed E-state index contributed by atoms with van der Waals surface area (Å²) in [7, 11) is 1.44. The lowest BCUT2D eigenvalue weighted by Gasteiger charge is -2.09. The largest absolute Gasteiger partial charge is 0.496 e. The summed E-state index contributed by atoms with van der Waals surface area (Å²) in [6, 6.07) is 11.8. The highest BCUT2D eigenvalue weighted by atomic mass is 35.5. The maximum absolute atomic E-state index is 12.2. The van der Waals surface area contributed by atoms with Gasteiger partial charge in [-0.1, -0.05) is 36.4 Å². The topological polar surface area (TPSA) is 76.7 Å². The van der Waals surface area contributed by atoms with E-state index in [1.165, 1.54) is 19.3 Å². The van der Waals surface area contributed by atoms with Crippen LogP contribution in [-0.2, 0) is 4.79 Å². The Hall–Kier alpha value is -3.25. The smallest absolute Gasteiger partial charge is 0.273 e. The molecule has 0 saturated carbocycles. The van der Waals surface area contributed by atoms with Gasteiger partial charge in [-0.05, 0) is 42.0 Å². The van der Waals surface area contributed by atoms with Crippen molar-refractivity contribution in [3.63, 3.8) is 0 Å². The highest BCUT2D eigenvalue weighted by Gasteiger charge is 2.13. The van der Waals surface area contributed by atoms with Crippen LogP contribution in [0.5, 0.6) is 11.5 Å². The van der Waals surface area contributed by atoms with E-state index in [1.807, 2.05) is 0 Å². The molecule has 0 radical (unpaired) electrons. The number of nitrogens with one attached hydrogen (secondary N) is 2. The van der Waals surface area contributed by atoms with Crippen molar-refractivity contribution in [1.29, 1.82) is 0 Å². The number of methoxy groups -OCH3 is 1. The summed E-state index contributed by atoms with van der Waals surface area (Å²) in [6.45, 7) is 4.01. The third-order valence-electron chi connectivity index (χ3n) is 3.38. The van der Waals surface area contributed by atoms with Crippen LogP contribution < -0.4 is 20.3 Å². The molecule has 0 atom stereocenters. The van der Waals surface area contributed by atoms with E-state index < -0.39 is 11.8 Å². The fraction of sp³-hybridized carbons (Fsp3) is 0.100. The van der Waals surface area contributed by atoms with Gasteiger partial charge in [0.2, 0.25) is 0 Å². The number of ether oxygens (including phenoxy) is 2. The SMILES string of the molecule is C=CCOc1ccc(/C=C/C(=O)NNC(=O)c2cc(Cl)ccc2OC)cc1. The Labute approximate surface area is 162 Å². The zero-order valence-corrected chi connectivity index (χ0v) is 15.5. The van der Waals surface area contributed by atoms with Crippen LogP contribution in [0, 0.1) is 0 Å². The zero-order chi connectivity index (χ0) is 19.6. The fourth-order valence-corrected chi connectivity index (χ4v) is 2.26. The summed E-state index contributed by atoms with van der Waals surface area (Å²) in [6.07, 6.45) is 4.57. The van der Waals surface area contributed by atoms with Crippen molar-refractivity contribution in [2.75, 3.05) is 13.7 Å². The van der Waals surface area contributed by atoms with E-state index in [1.54, 1.807) is 48.6 Å². The van der Waals surface area contributed by atoms with Crippen LogP contribution in [0.15, 0.2) is 61.2 Å². The van der Waals surface area contributed by atoms with Crippen LogP contribution in [0.3, 0.4) is 0 Å². The van der Waals surface area contributed by atoms with Gasteiger partial charge in [-0.15, -0.1) is 0 Å². The van der Waals surface area contributed by atoms with E-state index in [2.05, 4.69) is 17.4 Å². The summed E-state index contributed by atoms with van der Waals surface area (Å²) in [5.41, 5.74) is 5.63. The number of carbonyl (C=O) groups excluding carboxylic acids is 2. The second-order valence-corrected chi connectivity index (χ2v) is 5.73. The van der Waals surface area contributed by atoms with Gasteiger partial charge in [-0.2, -0.15) is 0 Å². The summed E-state index contributed by atoms with van der Waals surface area (Å²) in [5, 5.41) is 0.382. The molecule has 7 heteroatoms. The van der Waals surface area contributed by atoms with Crippen LogP contribution in [0.4, 0.5) is 0 Å². The Kier molecular flexibility index (Phi) is 7.46. The number of hydrazine groups is 1. The Morgan fingerprint density at radius 3 is 2.56 bits per heavy atom. The monoisotopic (exact) mass is 386 g/mol. The molecular formula is C20H19ClN2O4. The van der Waals surface area contributed by atoms with Crippen LogP contribution >= 0.6 is 11.6 Å². The Balaban J connectivity index is 1.90. The lowest BCUT2D eigenvalue weighted by molar-refractivity contribution is -0.117. The molecule has 27 heavy (non-hydrogen) atoms. The molecule has 0 aromatic heterocycles. The second kappa shape index (κ2) is 10.0. The summed E-state index contributed by atoms with van der Waals surface area (Å²) >= 11 is 5.89. The first kappa shape index (κ1) is 20.1. The van der Waals surface area contributed by atoms with E-state index >= 15 is 0 Å². The molecule has 0 spiro atoms. The van der Waals surface area contributed by atoms with Crippen molar-refractivity contribution in [2.45, 2.75) is 0 Å². The van der Waals surface area contributed by atoms with E-state index in [0.29, 0.717) is 23.1 Å². The number of hydrogen-bond acceptors (Lipinski definition) is 4. The van der Waals surface area contributed by atoms with Crippen molar-refractivity contribution in [3.05, 3.63) is 77.3 Å². The summed E-state index contributed by atoms with van der Waals surface area (Å²) in [4.78, 5) is 24.0. The molecule has 2 rings (SSSR count). The molecule has 0 saturated heterocycles. The minimum atomic E-state index is -0.542. The average molecular weight is 387 g/mol. The minimum absolute atomic E-state index is 0.212. The molecular weight excluding hydrogens is 368 g/mol. The molecule has 140 valence electrons. The normalized spacial score (nSPS) is 10.3. The molecule has 6 nitrogen and oxygen atoms in total. The maximum Gasteiger partial charge on any atom is 0.273 e. The Morgan fingerprint density at radius 2 is 1.89 bits per heavy atom. The van der Waals surface area contributed by atoms with E-state index in [-0.39, 0.29) is 5.56 Å². The quantitative estimate of drug-likeness (QED) is 0.434. The van der Waals surface area contributed by atoms with Gasteiger partial charge in [0.15, 0.2) is 0 Å². The number of halogens is 1. The molecule has 0 heterocycles. The highest BCUT2D eigenvalue weighted by Crippen LogP contribution is 2.22. The van der Waals surface area contributed by atoms with Gasteiger partial charge in [-0.3, -0.25) is 20.4 Å². The molecule has 0 unspecified atom stereocenters. The van der Waals surface area contributed by atoms with Crippen molar-refractivity contribution in [1.82, 2.24) is 10.9 Å².